The number of rotatable bonds is 6. The quantitative estimate of drug-likeness (QED) is 0.736. The van der Waals surface area contributed by atoms with Crippen LogP contribution in [0.2, 0.25) is 0 Å². The maximum atomic E-state index is 13.8. The Morgan fingerprint density at radius 3 is 2.32 bits per heavy atom. The van der Waals surface area contributed by atoms with E-state index in [0.29, 0.717) is 23.6 Å². The summed E-state index contributed by atoms with van der Waals surface area (Å²) in [6.07, 6.45) is 7.17. The second-order valence-corrected chi connectivity index (χ2v) is 10.8. The summed E-state index contributed by atoms with van der Waals surface area (Å²) in [5, 5.41) is 16.6. The van der Waals surface area contributed by atoms with Gasteiger partial charge < -0.3 is 5.32 Å². The van der Waals surface area contributed by atoms with E-state index >= 15 is 0 Å². The summed E-state index contributed by atoms with van der Waals surface area (Å²) >= 11 is 0. The number of benzene rings is 1. The molecular formula is C25H35N5O. The van der Waals surface area contributed by atoms with Gasteiger partial charge in [-0.3, -0.25) is 4.79 Å². The highest BCUT2D eigenvalue weighted by molar-refractivity contribution is 5.83. The fourth-order valence-corrected chi connectivity index (χ4v) is 7.04. The Morgan fingerprint density at radius 1 is 1.13 bits per heavy atom. The van der Waals surface area contributed by atoms with Crippen molar-refractivity contribution in [1.29, 1.82) is 0 Å². The summed E-state index contributed by atoms with van der Waals surface area (Å²) in [4.78, 5) is 15.7. The van der Waals surface area contributed by atoms with Gasteiger partial charge in [0.2, 0.25) is 5.91 Å². The first-order valence-electron chi connectivity index (χ1n) is 12.0. The summed E-state index contributed by atoms with van der Waals surface area (Å²) in [5.74, 6) is 2.64. The van der Waals surface area contributed by atoms with Crippen LogP contribution in [0, 0.1) is 24.2 Å². The summed E-state index contributed by atoms with van der Waals surface area (Å²) < 4.78 is 0. The average molecular weight is 422 g/mol. The van der Waals surface area contributed by atoms with Crippen molar-refractivity contribution in [2.45, 2.75) is 90.1 Å². The molecule has 0 spiro atoms. The lowest BCUT2D eigenvalue weighted by Crippen LogP contribution is -2.61. The van der Waals surface area contributed by atoms with Gasteiger partial charge in [-0.2, -0.15) is 4.80 Å². The molecule has 1 aromatic carbocycles. The van der Waals surface area contributed by atoms with Crippen molar-refractivity contribution in [2.75, 3.05) is 0 Å². The van der Waals surface area contributed by atoms with Crippen LogP contribution in [0.1, 0.15) is 94.6 Å². The lowest BCUT2D eigenvalue weighted by Gasteiger charge is -2.60. The van der Waals surface area contributed by atoms with Gasteiger partial charge in [-0.15, -0.1) is 10.2 Å². The van der Waals surface area contributed by atoms with Crippen LogP contribution < -0.4 is 5.32 Å². The minimum atomic E-state index is -0.295. The monoisotopic (exact) mass is 421 g/mol. The highest BCUT2D eigenvalue weighted by atomic mass is 16.2. The SMILES string of the molecule is CC[C@@H](NC(=O)C12C[C@H]3C[C@@H](C1)CC(n1nnc(C)n1)(C3)C2)c1ccc(C(C)C)cc1. The molecule has 6 rings (SSSR count). The van der Waals surface area contributed by atoms with Crippen LogP contribution in [0.4, 0.5) is 0 Å². The first-order chi connectivity index (χ1) is 14.8. The third-order valence-corrected chi connectivity index (χ3v) is 8.17. The fourth-order valence-electron chi connectivity index (χ4n) is 7.04. The minimum absolute atomic E-state index is 0.0596. The van der Waals surface area contributed by atoms with Crippen LogP contribution in [-0.4, -0.2) is 26.1 Å². The van der Waals surface area contributed by atoms with E-state index in [9.17, 15) is 4.79 Å². The lowest BCUT2D eigenvalue weighted by atomic mass is 9.46. The van der Waals surface area contributed by atoms with Gasteiger partial charge in [-0.05, 0) is 86.0 Å². The number of carbonyl (C=O) groups is 1. The molecule has 4 bridgehead atoms. The van der Waals surface area contributed by atoms with Crippen LogP contribution in [-0.2, 0) is 10.3 Å². The molecule has 166 valence electrons. The number of aryl methyl sites for hydroxylation is 1. The number of nitrogens with one attached hydrogen (secondary N) is 1. The van der Waals surface area contributed by atoms with Crippen molar-refractivity contribution < 1.29 is 4.79 Å². The molecule has 1 amide bonds. The van der Waals surface area contributed by atoms with E-state index in [1.54, 1.807) is 0 Å². The molecule has 1 aromatic heterocycles. The molecule has 1 heterocycles. The zero-order valence-corrected chi connectivity index (χ0v) is 19.3. The summed E-state index contributed by atoms with van der Waals surface area (Å²) in [5.41, 5.74) is 2.11. The Balaban J connectivity index is 1.39. The second kappa shape index (κ2) is 7.42. The Hall–Kier alpha value is -2.24. The average Bonchev–Trinajstić information content (AvgIpc) is 3.18. The van der Waals surface area contributed by atoms with Gasteiger partial charge in [-0.25, -0.2) is 0 Å². The summed E-state index contributed by atoms with van der Waals surface area (Å²) in [7, 11) is 0. The van der Waals surface area contributed by atoms with Gasteiger partial charge in [0, 0.05) is 0 Å². The van der Waals surface area contributed by atoms with E-state index in [1.807, 2.05) is 11.7 Å². The molecule has 5 atom stereocenters. The molecule has 0 saturated heterocycles. The van der Waals surface area contributed by atoms with E-state index < -0.39 is 0 Å². The zero-order valence-electron chi connectivity index (χ0n) is 19.3. The smallest absolute Gasteiger partial charge is 0.226 e. The first kappa shape index (κ1) is 20.7. The Labute approximate surface area is 185 Å². The Kier molecular flexibility index (Phi) is 4.94. The second-order valence-electron chi connectivity index (χ2n) is 10.8. The maximum absolute atomic E-state index is 13.8. The molecule has 2 unspecified atom stereocenters. The summed E-state index contributed by atoms with van der Waals surface area (Å²) in [6.45, 7) is 8.47. The van der Waals surface area contributed by atoms with Crippen LogP contribution in [0.3, 0.4) is 0 Å². The predicted molar refractivity (Wildman–Crippen MR) is 119 cm³/mol. The van der Waals surface area contributed by atoms with Gasteiger partial charge in [0.25, 0.3) is 0 Å². The van der Waals surface area contributed by atoms with E-state index in [-0.39, 0.29) is 22.9 Å². The molecule has 0 radical (unpaired) electrons. The molecule has 4 saturated carbocycles. The van der Waals surface area contributed by atoms with Gasteiger partial charge in [0.1, 0.15) is 0 Å². The molecule has 0 aliphatic heterocycles. The number of hydrogen-bond donors (Lipinski definition) is 1. The number of carbonyl (C=O) groups excluding carboxylic acids is 1. The maximum Gasteiger partial charge on any atom is 0.226 e. The van der Waals surface area contributed by atoms with Crippen molar-refractivity contribution in [3.63, 3.8) is 0 Å². The van der Waals surface area contributed by atoms with Crippen LogP contribution in [0.5, 0.6) is 0 Å². The largest absolute Gasteiger partial charge is 0.349 e. The first-order valence-corrected chi connectivity index (χ1v) is 12.0. The number of tetrazole rings is 1. The molecule has 2 aromatic rings. The van der Waals surface area contributed by atoms with Gasteiger partial charge in [-0.1, -0.05) is 45.0 Å². The van der Waals surface area contributed by atoms with Crippen molar-refractivity contribution in [3.05, 3.63) is 41.2 Å². The highest BCUT2D eigenvalue weighted by Crippen LogP contribution is 2.64. The van der Waals surface area contributed by atoms with Gasteiger partial charge in [0.15, 0.2) is 5.82 Å². The standard InChI is InChI=1S/C25H35N5O/c1-5-22(21-8-6-20(7-9-21)16(2)3)26-23(31)24-11-18-10-19(12-24)14-25(13-18,15-24)30-28-17(4)27-29-30/h6-9,16,18-19,22H,5,10-15H2,1-4H3,(H,26,31)/t18-,19+,22-,24?,25?/m1/s1. The van der Waals surface area contributed by atoms with E-state index in [4.69, 9.17) is 0 Å². The van der Waals surface area contributed by atoms with Crippen molar-refractivity contribution in [1.82, 2.24) is 25.5 Å². The molecule has 4 fully saturated rings. The minimum Gasteiger partial charge on any atom is -0.349 e. The Bertz CT molecular complexity index is 949. The molecule has 6 nitrogen and oxygen atoms in total. The van der Waals surface area contributed by atoms with Crippen molar-refractivity contribution in [2.24, 2.45) is 17.3 Å². The van der Waals surface area contributed by atoms with Crippen molar-refractivity contribution in [3.8, 4) is 0 Å². The van der Waals surface area contributed by atoms with Gasteiger partial charge >= 0.3 is 0 Å². The van der Waals surface area contributed by atoms with Crippen LogP contribution >= 0.6 is 0 Å². The number of nitrogens with zero attached hydrogens (tertiary/aromatic N) is 4. The van der Waals surface area contributed by atoms with E-state index in [1.165, 1.54) is 17.5 Å². The predicted octanol–water partition coefficient (Wildman–Crippen LogP) is 4.67. The molecule has 1 N–H and O–H groups in total. The number of aromatic nitrogens is 4. The number of hydrogen-bond acceptors (Lipinski definition) is 4. The van der Waals surface area contributed by atoms with Crippen LogP contribution in [0.15, 0.2) is 24.3 Å². The van der Waals surface area contributed by atoms with Crippen LogP contribution in [0.25, 0.3) is 0 Å². The Morgan fingerprint density at radius 2 is 1.77 bits per heavy atom. The fraction of sp³-hybridized carbons (Fsp3) is 0.680. The van der Waals surface area contributed by atoms with Gasteiger partial charge in [0.05, 0.1) is 17.0 Å². The lowest BCUT2D eigenvalue weighted by molar-refractivity contribution is -0.158. The topological polar surface area (TPSA) is 72.7 Å². The molecular weight excluding hydrogens is 386 g/mol. The van der Waals surface area contributed by atoms with Crippen molar-refractivity contribution >= 4 is 5.91 Å². The highest BCUT2D eigenvalue weighted by Gasteiger charge is 2.62. The molecule has 4 aliphatic rings. The molecule has 6 heteroatoms. The van der Waals surface area contributed by atoms with E-state index in [2.05, 4.69) is 65.8 Å². The normalized spacial score (nSPS) is 32.4. The third-order valence-electron chi connectivity index (χ3n) is 8.17. The summed E-state index contributed by atoms with van der Waals surface area (Å²) in [6, 6.07) is 8.84. The molecule has 31 heavy (non-hydrogen) atoms. The van der Waals surface area contributed by atoms with E-state index in [0.717, 1.165) is 38.5 Å². The molecule has 4 aliphatic carbocycles. The number of amides is 1. The zero-order chi connectivity index (χ0) is 21.8. The third kappa shape index (κ3) is 3.48.